The third-order valence-electron chi connectivity index (χ3n) is 4.94. The smallest absolute Gasteiger partial charge is 0.325 e. The van der Waals surface area contributed by atoms with Gasteiger partial charge in [-0.15, -0.1) is 0 Å². The Balaban J connectivity index is 1.76. The number of benzene rings is 2. The highest BCUT2D eigenvalue weighted by Crippen LogP contribution is 2.19. The van der Waals surface area contributed by atoms with E-state index in [1.807, 2.05) is 12.1 Å². The zero-order valence-electron chi connectivity index (χ0n) is 17.8. The molecule has 3 aromatic rings. The lowest BCUT2D eigenvalue weighted by molar-refractivity contribution is -0.141. The van der Waals surface area contributed by atoms with Crippen LogP contribution < -0.4 is 5.56 Å². The molecule has 1 heterocycles. The van der Waals surface area contributed by atoms with Crippen molar-refractivity contribution in [2.45, 2.75) is 31.6 Å². The molecule has 2 aromatic carbocycles. The first-order chi connectivity index (χ1) is 14.9. The first-order valence-corrected chi connectivity index (χ1v) is 10.9. The number of carbonyl (C=O) groups excluding carboxylic acids is 2. The standard InChI is InChI=1S/C23H25N3O4S/c1-4-16-9-11-17(12-10-16)13-25(2)20(27)15-31-23-24-19-8-6-5-7-18(19)22(29)26(23)14-21(28)30-3/h5-12H,4,13-15H2,1-3H3. The third-order valence-corrected chi connectivity index (χ3v) is 5.90. The van der Waals surface area contributed by atoms with Crippen molar-refractivity contribution < 1.29 is 14.3 Å². The summed E-state index contributed by atoms with van der Waals surface area (Å²) in [5.74, 6) is -0.563. The molecule has 0 aliphatic heterocycles. The highest BCUT2D eigenvalue weighted by atomic mass is 32.2. The SMILES string of the molecule is CCc1ccc(CN(C)C(=O)CSc2nc3ccccc3c(=O)n2CC(=O)OC)cc1. The maximum Gasteiger partial charge on any atom is 0.325 e. The predicted octanol–water partition coefficient (Wildman–Crippen LogP) is 2.88. The van der Waals surface area contributed by atoms with Gasteiger partial charge in [-0.25, -0.2) is 4.98 Å². The minimum Gasteiger partial charge on any atom is -0.468 e. The molecule has 7 nitrogen and oxygen atoms in total. The number of para-hydroxylation sites is 1. The van der Waals surface area contributed by atoms with Crippen LogP contribution in [0.4, 0.5) is 0 Å². The monoisotopic (exact) mass is 439 g/mol. The number of carbonyl (C=O) groups is 2. The van der Waals surface area contributed by atoms with Crippen molar-refractivity contribution in [3.63, 3.8) is 0 Å². The number of rotatable bonds is 8. The minimum absolute atomic E-state index is 0.0928. The fraction of sp³-hybridized carbons (Fsp3) is 0.304. The highest BCUT2D eigenvalue weighted by Gasteiger charge is 2.17. The van der Waals surface area contributed by atoms with E-state index >= 15 is 0 Å². The number of aryl methyl sites for hydroxylation is 1. The van der Waals surface area contributed by atoms with E-state index in [4.69, 9.17) is 4.74 Å². The first-order valence-electron chi connectivity index (χ1n) is 9.94. The fourth-order valence-corrected chi connectivity index (χ4v) is 4.01. The Bertz CT molecular complexity index is 1140. The molecule has 3 rings (SSSR count). The van der Waals surface area contributed by atoms with Crippen LogP contribution in [-0.4, -0.2) is 46.2 Å². The molecule has 31 heavy (non-hydrogen) atoms. The van der Waals surface area contributed by atoms with Gasteiger partial charge in [0.05, 0.1) is 23.8 Å². The van der Waals surface area contributed by atoms with Gasteiger partial charge in [0.1, 0.15) is 6.54 Å². The van der Waals surface area contributed by atoms with Gasteiger partial charge in [-0.05, 0) is 29.7 Å². The predicted molar refractivity (Wildman–Crippen MR) is 121 cm³/mol. The molecule has 0 aliphatic carbocycles. The van der Waals surface area contributed by atoms with E-state index in [0.717, 1.165) is 23.7 Å². The molecular weight excluding hydrogens is 414 g/mol. The van der Waals surface area contributed by atoms with Gasteiger partial charge in [-0.1, -0.05) is 55.1 Å². The average molecular weight is 440 g/mol. The number of esters is 1. The molecule has 0 atom stereocenters. The van der Waals surface area contributed by atoms with Gasteiger partial charge in [0.15, 0.2) is 5.16 Å². The Labute approximate surface area is 185 Å². The van der Waals surface area contributed by atoms with Crippen LogP contribution in [0.25, 0.3) is 10.9 Å². The second kappa shape index (κ2) is 10.3. The van der Waals surface area contributed by atoms with Crippen LogP contribution in [0.2, 0.25) is 0 Å². The number of fused-ring (bicyclic) bond motifs is 1. The number of amides is 1. The van der Waals surface area contributed by atoms with Gasteiger partial charge in [0.2, 0.25) is 5.91 Å². The van der Waals surface area contributed by atoms with Crippen molar-refractivity contribution in [2.75, 3.05) is 19.9 Å². The normalized spacial score (nSPS) is 10.8. The zero-order valence-corrected chi connectivity index (χ0v) is 18.6. The summed E-state index contributed by atoms with van der Waals surface area (Å²) < 4.78 is 5.97. The van der Waals surface area contributed by atoms with Crippen LogP contribution in [0.15, 0.2) is 58.5 Å². The summed E-state index contributed by atoms with van der Waals surface area (Å²) in [4.78, 5) is 43.5. The minimum atomic E-state index is -0.556. The van der Waals surface area contributed by atoms with E-state index in [1.54, 1.807) is 36.2 Å². The summed E-state index contributed by atoms with van der Waals surface area (Å²) in [6.07, 6.45) is 0.970. The molecule has 0 saturated heterocycles. The average Bonchev–Trinajstić information content (AvgIpc) is 2.79. The number of nitrogens with zero attached hydrogens (tertiary/aromatic N) is 3. The molecule has 8 heteroatoms. The second-order valence-corrected chi connectivity index (χ2v) is 8.03. The number of ether oxygens (including phenoxy) is 1. The van der Waals surface area contributed by atoms with Crippen LogP contribution in [-0.2, 0) is 33.8 Å². The Morgan fingerprint density at radius 1 is 1.10 bits per heavy atom. The molecule has 1 amide bonds. The Kier molecular flexibility index (Phi) is 7.46. The Morgan fingerprint density at radius 2 is 1.77 bits per heavy atom. The van der Waals surface area contributed by atoms with Crippen LogP contribution in [0.3, 0.4) is 0 Å². The summed E-state index contributed by atoms with van der Waals surface area (Å²) >= 11 is 1.13. The molecule has 0 unspecified atom stereocenters. The van der Waals surface area contributed by atoms with Crippen molar-refractivity contribution in [3.8, 4) is 0 Å². The van der Waals surface area contributed by atoms with Gasteiger partial charge in [-0.3, -0.25) is 19.0 Å². The number of thioether (sulfide) groups is 1. The molecule has 162 valence electrons. The summed E-state index contributed by atoms with van der Waals surface area (Å²) in [5.41, 5.74) is 2.48. The number of hydrogen-bond donors (Lipinski definition) is 0. The maximum atomic E-state index is 12.9. The molecule has 0 radical (unpaired) electrons. The van der Waals surface area contributed by atoms with Crippen molar-refractivity contribution >= 4 is 34.5 Å². The van der Waals surface area contributed by atoms with E-state index in [2.05, 4.69) is 24.0 Å². The first kappa shape index (κ1) is 22.6. The van der Waals surface area contributed by atoms with Gasteiger partial charge in [0.25, 0.3) is 5.56 Å². The molecule has 0 spiro atoms. The highest BCUT2D eigenvalue weighted by molar-refractivity contribution is 7.99. The molecule has 0 fully saturated rings. The Hall–Kier alpha value is -3.13. The summed E-state index contributed by atoms with van der Waals surface area (Å²) in [6.45, 7) is 2.33. The van der Waals surface area contributed by atoms with Crippen molar-refractivity contribution in [1.82, 2.24) is 14.5 Å². The van der Waals surface area contributed by atoms with Gasteiger partial charge in [-0.2, -0.15) is 0 Å². The molecule has 0 N–H and O–H groups in total. The van der Waals surface area contributed by atoms with Crippen LogP contribution in [0.1, 0.15) is 18.1 Å². The third kappa shape index (κ3) is 5.52. The number of hydrogen-bond acceptors (Lipinski definition) is 6. The van der Waals surface area contributed by atoms with Crippen LogP contribution >= 0.6 is 11.8 Å². The fourth-order valence-electron chi connectivity index (χ4n) is 3.07. The van der Waals surface area contributed by atoms with Crippen LogP contribution in [0, 0.1) is 0 Å². The van der Waals surface area contributed by atoms with E-state index in [-0.39, 0.29) is 23.8 Å². The summed E-state index contributed by atoms with van der Waals surface area (Å²) in [6, 6.07) is 15.1. The molecule has 1 aromatic heterocycles. The molecule has 0 saturated carbocycles. The summed E-state index contributed by atoms with van der Waals surface area (Å²) in [7, 11) is 3.01. The lowest BCUT2D eigenvalue weighted by Gasteiger charge is -2.18. The van der Waals surface area contributed by atoms with Gasteiger partial charge >= 0.3 is 5.97 Å². The number of aromatic nitrogens is 2. The maximum absolute atomic E-state index is 12.9. The van der Waals surface area contributed by atoms with Crippen molar-refractivity contribution in [3.05, 3.63) is 70.0 Å². The second-order valence-electron chi connectivity index (χ2n) is 7.09. The molecule has 0 aliphatic rings. The quantitative estimate of drug-likeness (QED) is 0.305. The van der Waals surface area contributed by atoms with Gasteiger partial charge in [0, 0.05) is 13.6 Å². The van der Waals surface area contributed by atoms with Crippen molar-refractivity contribution in [2.24, 2.45) is 0 Å². The lowest BCUT2D eigenvalue weighted by atomic mass is 10.1. The van der Waals surface area contributed by atoms with E-state index in [1.165, 1.54) is 17.2 Å². The van der Waals surface area contributed by atoms with E-state index in [0.29, 0.717) is 22.6 Å². The van der Waals surface area contributed by atoms with Gasteiger partial charge < -0.3 is 9.64 Å². The number of methoxy groups -OCH3 is 1. The van der Waals surface area contributed by atoms with E-state index in [9.17, 15) is 14.4 Å². The van der Waals surface area contributed by atoms with E-state index < -0.39 is 5.97 Å². The van der Waals surface area contributed by atoms with Crippen molar-refractivity contribution in [1.29, 1.82) is 0 Å². The lowest BCUT2D eigenvalue weighted by Crippen LogP contribution is -2.30. The largest absolute Gasteiger partial charge is 0.468 e. The molecule has 0 bridgehead atoms. The van der Waals surface area contributed by atoms with Crippen LogP contribution in [0.5, 0.6) is 0 Å². The molecular formula is C23H25N3O4S. The Morgan fingerprint density at radius 3 is 2.45 bits per heavy atom. The zero-order chi connectivity index (χ0) is 22.4. The topological polar surface area (TPSA) is 81.5 Å². The summed E-state index contributed by atoms with van der Waals surface area (Å²) in [5, 5.41) is 0.720.